The molecule has 4 nitrogen and oxygen atoms in total. The Kier molecular flexibility index (Phi) is 5.37. The van der Waals surface area contributed by atoms with Gasteiger partial charge < -0.3 is 5.11 Å². The first-order valence-electron chi connectivity index (χ1n) is 6.15. The Morgan fingerprint density at radius 1 is 1.30 bits per heavy atom. The van der Waals surface area contributed by atoms with E-state index < -0.39 is 10.0 Å². The van der Waals surface area contributed by atoms with Gasteiger partial charge >= 0.3 is 0 Å². The zero-order valence-corrected chi connectivity index (χ0v) is 14.4. The molecule has 0 aromatic heterocycles. The minimum Gasteiger partial charge on any atom is -0.395 e. The number of hydrogen-bond donors (Lipinski definition) is 1. The maximum Gasteiger partial charge on any atom is 0.246 e. The van der Waals surface area contributed by atoms with Crippen molar-refractivity contribution in [3.05, 3.63) is 26.7 Å². The van der Waals surface area contributed by atoms with E-state index in [2.05, 4.69) is 15.9 Å². The third kappa shape index (κ3) is 3.15. The third-order valence-corrected chi connectivity index (χ3v) is 6.66. The first-order valence-corrected chi connectivity index (χ1v) is 9.14. The average Bonchev–Trinajstić information content (AvgIpc) is 2.23. The van der Waals surface area contributed by atoms with Crippen LogP contribution in [-0.4, -0.2) is 37.0 Å². The van der Waals surface area contributed by atoms with Gasteiger partial charge in [0.15, 0.2) is 0 Å². The number of sulfonamides is 1. The van der Waals surface area contributed by atoms with Crippen LogP contribution in [0.25, 0.3) is 0 Å². The van der Waals surface area contributed by atoms with E-state index in [9.17, 15) is 8.42 Å². The lowest BCUT2D eigenvalue weighted by Crippen LogP contribution is -2.45. The molecule has 2 rings (SSSR count). The van der Waals surface area contributed by atoms with E-state index in [4.69, 9.17) is 28.3 Å². The highest BCUT2D eigenvalue weighted by Gasteiger charge is 2.36. The van der Waals surface area contributed by atoms with E-state index in [-0.39, 0.29) is 34.1 Å². The number of aliphatic hydroxyl groups excluding tert-OH is 1. The predicted molar refractivity (Wildman–Crippen MR) is 82.8 cm³/mol. The van der Waals surface area contributed by atoms with Gasteiger partial charge in [0.05, 0.1) is 16.7 Å². The van der Waals surface area contributed by atoms with Gasteiger partial charge in [0.2, 0.25) is 10.0 Å². The van der Waals surface area contributed by atoms with Gasteiger partial charge in [-0.1, -0.05) is 45.6 Å². The summed E-state index contributed by atoms with van der Waals surface area (Å²) in [5, 5.41) is 9.27. The van der Waals surface area contributed by atoms with Crippen LogP contribution in [0.15, 0.2) is 21.5 Å². The molecule has 1 fully saturated rings. The van der Waals surface area contributed by atoms with Crippen molar-refractivity contribution < 1.29 is 13.5 Å². The molecule has 0 spiro atoms. The molecule has 1 N–H and O–H groups in total. The highest BCUT2D eigenvalue weighted by molar-refractivity contribution is 9.10. The van der Waals surface area contributed by atoms with Crippen molar-refractivity contribution in [1.29, 1.82) is 0 Å². The summed E-state index contributed by atoms with van der Waals surface area (Å²) in [7, 11) is -3.81. The maximum atomic E-state index is 12.7. The van der Waals surface area contributed by atoms with E-state index in [0.29, 0.717) is 4.47 Å². The van der Waals surface area contributed by atoms with Crippen molar-refractivity contribution >= 4 is 49.2 Å². The molecule has 0 atom stereocenters. The van der Waals surface area contributed by atoms with Crippen LogP contribution in [0.3, 0.4) is 0 Å². The van der Waals surface area contributed by atoms with Gasteiger partial charge in [0.25, 0.3) is 0 Å². The summed E-state index contributed by atoms with van der Waals surface area (Å²) in [6.07, 6.45) is 2.58. The lowest BCUT2D eigenvalue weighted by atomic mass is 9.93. The highest BCUT2D eigenvalue weighted by atomic mass is 79.9. The van der Waals surface area contributed by atoms with Gasteiger partial charge in [0.1, 0.15) is 4.90 Å². The van der Waals surface area contributed by atoms with Crippen LogP contribution in [0.2, 0.25) is 10.0 Å². The van der Waals surface area contributed by atoms with Crippen LogP contribution in [0.5, 0.6) is 0 Å². The van der Waals surface area contributed by atoms with Crippen LogP contribution in [0, 0.1) is 0 Å². The van der Waals surface area contributed by atoms with Crippen LogP contribution in [-0.2, 0) is 10.0 Å². The average molecular weight is 403 g/mol. The Bertz CT molecular complexity index is 582. The monoisotopic (exact) mass is 401 g/mol. The first kappa shape index (κ1) is 16.5. The fourth-order valence-corrected chi connectivity index (χ4v) is 5.73. The van der Waals surface area contributed by atoms with Crippen LogP contribution in [0.1, 0.15) is 19.3 Å². The molecule has 0 saturated heterocycles. The Hall–Kier alpha value is 0.150. The second kappa shape index (κ2) is 6.50. The molecule has 0 amide bonds. The molecule has 1 aliphatic rings. The minimum atomic E-state index is -3.81. The maximum absolute atomic E-state index is 12.7. The van der Waals surface area contributed by atoms with Gasteiger partial charge in [-0.15, -0.1) is 0 Å². The van der Waals surface area contributed by atoms with E-state index in [1.54, 1.807) is 0 Å². The van der Waals surface area contributed by atoms with Gasteiger partial charge in [0, 0.05) is 17.1 Å². The van der Waals surface area contributed by atoms with E-state index in [0.717, 1.165) is 19.3 Å². The SMILES string of the molecule is O=S(=O)(c1c(Cl)cc(Br)cc1Cl)N(CCO)C1CCC1. The van der Waals surface area contributed by atoms with E-state index >= 15 is 0 Å². The number of nitrogens with zero attached hydrogens (tertiary/aromatic N) is 1. The summed E-state index contributed by atoms with van der Waals surface area (Å²) in [6.45, 7) is -0.183. The molecule has 1 aromatic rings. The number of rotatable bonds is 5. The van der Waals surface area contributed by atoms with Crippen LogP contribution < -0.4 is 0 Å². The second-order valence-electron chi connectivity index (χ2n) is 4.62. The molecule has 0 bridgehead atoms. The molecule has 112 valence electrons. The summed E-state index contributed by atoms with van der Waals surface area (Å²) in [4.78, 5) is -0.0932. The van der Waals surface area contributed by atoms with Crippen molar-refractivity contribution in [1.82, 2.24) is 4.31 Å². The third-order valence-electron chi connectivity index (χ3n) is 3.33. The minimum absolute atomic E-state index is 0.0513. The second-order valence-corrected chi connectivity index (χ2v) is 8.18. The van der Waals surface area contributed by atoms with Crippen LogP contribution >= 0.6 is 39.1 Å². The lowest BCUT2D eigenvalue weighted by Gasteiger charge is -2.36. The number of benzene rings is 1. The normalized spacial score (nSPS) is 16.4. The van der Waals surface area contributed by atoms with Gasteiger partial charge in [-0.05, 0) is 25.0 Å². The van der Waals surface area contributed by atoms with Gasteiger partial charge in [-0.2, -0.15) is 4.31 Å². The van der Waals surface area contributed by atoms with E-state index in [1.807, 2.05) is 0 Å². The number of halogens is 3. The molecule has 1 aromatic carbocycles. The molecule has 0 heterocycles. The zero-order chi connectivity index (χ0) is 14.9. The smallest absolute Gasteiger partial charge is 0.246 e. The number of aliphatic hydroxyl groups is 1. The van der Waals surface area contributed by atoms with Crippen molar-refractivity contribution in [2.45, 2.75) is 30.2 Å². The molecule has 0 unspecified atom stereocenters. The van der Waals surface area contributed by atoms with Gasteiger partial charge in [-0.3, -0.25) is 0 Å². The summed E-state index contributed by atoms with van der Waals surface area (Å²) in [5.41, 5.74) is 0. The summed E-state index contributed by atoms with van der Waals surface area (Å²) < 4.78 is 27.4. The Labute approximate surface area is 136 Å². The molecule has 20 heavy (non-hydrogen) atoms. The standard InChI is InChI=1S/C12H14BrCl2NO3S/c13-8-6-10(14)12(11(15)7-8)20(18,19)16(4-5-17)9-2-1-3-9/h6-7,9,17H,1-5H2. The Balaban J connectivity index is 2.47. The quantitative estimate of drug-likeness (QED) is 0.821. The Morgan fingerprint density at radius 3 is 2.25 bits per heavy atom. The molecule has 0 aliphatic heterocycles. The largest absolute Gasteiger partial charge is 0.395 e. The molecule has 0 radical (unpaired) electrons. The molecular formula is C12H14BrCl2NO3S. The summed E-state index contributed by atoms with van der Waals surface area (Å²) >= 11 is 15.3. The fraction of sp³-hybridized carbons (Fsp3) is 0.500. The van der Waals surface area contributed by atoms with Crippen molar-refractivity contribution in [3.8, 4) is 0 Å². The van der Waals surface area contributed by atoms with E-state index in [1.165, 1.54) is 16.4 Å². The summed E-state index contributed by atoms with van der Waals surface area (Å²) in [5.74, 6) is 0. The molecular weight excluding hydrogens is 389 g/mol. The highest BCUT2D eigenvalue weighted by Crippen LogP contribution is 2.37. The van der Waals surface area contributed by atoms with Crippen molar-refractivity contribution in [3.63, 3.8) is 0 Å². The summed E-state index contributed by atoms with van der Waals surface area (Å²) in [6, 6.07) is 2.92. The first-order chi connectivity index (χ1) is 9.37. The zero-order valence-electron chi connectivity index (χ0n) is 10.5. The number of hydrogen-bond acceptors (Lipinski definition) is 3. The fourth-order valence-electron chi connectivity index (χ4n) is 2.16. The topological polar surface area (TPSA) is 57.6 Å². The van der Waals surface area contributed by atoms with Crippen molar-refractivity contribution in [2.24, 2.45) is 0 Å². The van der Waals surface area contributed by atoms with Gasteiger partial charge in [-0.25, -0.2) is 8.42 Å². The molecule has 1 aliphatic carbocycles. The predicted octanol–water partition coefficient (Wildman–Crippen LogP) is 3.29. The molecule has 1 saturated carbocycles. The Morgan fingerprint density at radius 2 is 1.85 bits per heavy atom. The molecule has 8 heteroatoms. The van der Waals surface area contributed by atoms with Crippen molar-refractivity contribution in [2.75, 3.05) is 13.2 Å². The van der Waals surface area contributed by atoms with Crippen LogP contribution in [0.4, 0.5) is 0 Å². The lowest BCUT2D eigenvalue weighted by molar-refractivity contribution is 0.178.